The van der Waals surface area contributed by atoms with E-state index >= 15 is 0 Å². The zero-order valence-electron chi connectivity index (χ0n) is 18.7. The van der Waals surface area contributed by atoms with E-state index in [9.17, 15) is 9.59 Å². The van der Waals surface area contributed by atoms with Crippen LogP contribution in [0.5, 0.6) is 5.75 Å². The Morgan fingerprint density at radius 2 is 1.72 bits per heavy atom. The van der Waals surface area contributed by atoms with E-state index in [4.69, 9.17) is 9.15 Å². The number of hydrogen-bond acceptors (Lipinski definition) is 5. The Bertz CT molecular complexity index is 941. The molecule has 0 unspecified atom stereocenters. The molecule has 0 bridgehead atoms. The number of imide groups is 1. The van der Waals surface area contributed by atoms with Crippen LogP contribution in [0.2, 0.25) is 0 Å². The summed E-state index contributed by atoms with van der Waals surface area (Å²) in [5.41, 5.74) is 1.28. The molecule has 0 saturated heterocycles. The number of carbonyl (C=O) groups is 2. The molecule has 4 rings (SSSR count). The molecule has 1 saturated carbocycles. The lowest BCUT2D eigenvalue weighted by Crippen LogP contribution is -2.41. The largest absolute Gasteiger partial charge is 0.494 e. The van der Waals surface area contributed by atoms with Gasteiger partial charge in [0.05, 0.1) is 29.1 Å². The van der Waals surface area contributed by atoms with Gasteiger partial charge in [0.25, 0.3) is 11.8 Å². The summed E-state index contributed by atoms with van der Waals surface area (Å²) in [4.78, 5) is 29.2. The summed E-state index contributed by atoms with van der Waals surface area (Å²) in [6.07, 6.45) is 10.1. The first-order chi connectivity index (χ1) is 15.7. The average molecular weight is 454 g/mol. The fraction of sp³-hybridized carbons (Fsp3) is 0.462. The Kier molecular flexibility index (Phi) is 7.74. The van der Waals surface area contributed by atoms with Crippen LogP contribution in [0.3, 0.4) is 0 Å². The van der Waals surface area contributed by atoms with E-state index in [1.807, 2.05) is 36.4 Å². The number of hydrogen-bond donors (Lipinski definition) is 0. The topological polar surface area (TPSA) is 59.8 Å². The van der Waals surface area contributed by atoms with Crippen molar-refractivity contribution in [1.82, 2.24) is 4.90 Å². The van der Waals surface area contributed by atoms with Crippen molar-refractivity contribution in [1.29, 1.82) is 0 Å². The highest BCUT2D eigenvalue weighted by molar-refractivity contribution is 8.03. The number of rotatable bonds is 8. The van der Waals surface area contributed by atoms with Crippen molar-refractivity contribution in [2.75, 3.05) is 6.61 Å². The van der Waals surface area contributed by atoms with Gasteiger partial charge in [-0.2, -0.15) is 0 Å². The highest BCUT2D eigenvalue weighted by Gasteiger charge is 2.42. The summed E-state index contributed by atoms with van der Waals surface area (Å²) in [5.74, 6) is 1.76. The molecule has 0 radical (unpaired) electrons. The van der Waals surface area contributed by atoms with Crippen molar-refractivity contribution in [3.05, 3.63) is 58.9 Å². The summed E-state index contributed by atoms with van der Waals surface area (Å²) in [5, 5.41) is 0. The van der Waals surface area contributed by atoms with Crippen LogP contribution in [0.15, 0.2) is 52.0 Å². The van der Waals surface area contributed by atoms with Gasteiger partial charge < -0.3 is 9.15 Å². The van der Waals surface area contributed by atoms with Crippen LogP contribution in [-0.2, 0) is 15.3 Å². The van der Waals surface area contributed by atoms with Crippen molar-refractivity contribution >= 4 is 29.1 Å². The number of furan rings is 1. The van der Waals surface area contributed by atoms with E-state index in [2.05, 4.69) is 6.92 Å². The Labute approximate surface area is 194 Å². The molecule has 2 amide bonds. The molecule has 5 nitrogen and oxygen atoms in total. The summed E-state index contributed by atoms with van der Waals surface area (Å²) < 4.78 is 11.1. The van der Waals surface area contributed by atoms with Crippen molar-refractivity contribution in [3.8, 4) is 5.75 Å². The zero-order chi connectivity index (χ0) is 22.3. The molecule has 0 N–H and O–H groups in total. The van der Waals surface area contributed by atoms with Gasteiger partial charge in [-0.1, -0.05) is 51.2 Å². The lowest BCUT2D eigenvalue weighted by molar-refractivity contribution is -0.139. The Balaban J connectivity index is 1.62. The van der Waals surface area contributed by atoms with Gasteiger partial charge in [0.15, 0.2) is 0 Å². The predicted octanol–water partition coefficient (Wildman–Crippen LogP) is 6.19. The molecule has 1 aliphatic carbocycles. The summed E-state index contributed by atoms with van der Waals surface area (Å²) in [6.45, 7) is 2.72. The standard InChI is InChI=1S/C26H31NO4S/c1-2-16-30-21-14-12-19(13-15-21)23-24(32-18-22-11-8-17-31-22)26(29)27(25(23)28)20-9-6-4-3-5-7-10-20/h8,11-15,17,20H,2-7,9-10,16,18H2,1H3. The molecule has 1 fully saturated rings. The molecule has 2 aliphatic rings. The second-order valence-electron chi connectivity index (χ2n) is 8.42. The van der Waals surface area contributed by atoms with Gasteiger partial charge in [-0.15, -0.1) is 11.8 Å². The van der Waals surface area contributed by atoms with Crippen molar-refractivity contribution < 1.29 is 18.7 Å². The number of benzene rings is 1. The van der Waals surface area contributed by atoms with E-state index in [1.165, 1.54) is 31.0 Å². The van der Waals surface area contributed by atoms with Crippen LogP contribution in [-0.4, -0.2) is 29.4 Å². The number of ether oxygens (including phenoxy) is 1. The maximum absolute atomic E-state index is 13.6. The quantitative estimate of drug-likeness (QED) is 0.446. The van der Waals surface area contributed by atoms with Gasteiger partial charge in [-0.3, -0.25) is 14.5 Å². The molecule has 1 aromatic heterocycles. The highest BCUT2D eigenvalue weighted by atomic mass is 32.2. The second-order valence-corrected chi connectivity index (χ2v) is 9.41. The van der Waals surface area contributed by atoms with Gasteiger partial charge in [0.1, 0.15) is 11.5 Å². The smallest absolute Gasteiger partial charge is 0.268 e. The Morgan fingerprint density at radius 1 is 1.00 bits per heavy atom. The number of thioether (sulfide) groups is 1. The third-order valence-corrected chi connectivity index (χ3v) is 7.16. The third kappa shape index (κ3) is 5.12. The SMILES string of the molecule is CCCOc1ccc(C2=C(SCc3ccco3)C(=O)N(C3CCCCCCC3)C2=O)cc1. The van der Waals surface area contributed by atoms with Gasteiger partial charge in [0, 0.05) is 6.04 Å². The molecule has 6 heteroatoms. The minimum atomic E-state index is -0.162. The first-order valence-electron chi connectivity index (χ1n) is 11.7. The fourth-order valence-electron chi connectivity index (χ4n) is 4.41. The normalized spacial score (nSPS) is 18.2. The fourth-order valence-corrected chi connectivity index (χ4v) is 5.44. The Morgan fingerprint density at radius 3 is 2.38 bits per heavy atom. The highest BCUT2D eigenvalue weighted by Crippen LogP contribution is 2.40. The second kappa shape index (κ2) is 10.9. The minimum absolute atomic E-state index is 0.0147. The van der Waals surface area contributed by atoms with Crippen LogP contribution >= 0.6 is 11.8 Å². The summed E-state index contributed by atoms with van der Waals surface area (Å²) in [6, 6.07) is 11.2. The molecule has 170 valence electrons. The number of amides is 2. The number of carbonyl (C=O) groups excluding carboxylic acids is 2. The molecule has 0 atom stereocenters. The molecule has 0 spiro atoms. The van der Waals surface area contributed by atoms with E-state index < -0.39 is 0 Å². The van der Waals surface area contributed by atoms with E-state index in [0.29, 0.717) is 22.8 Å². The number of nitrogens with zero attached hydrogens (tertiary/aromatic N) is 1. The molecule has 2 heterocycles. The first kappa shape index (κ1) is 22.7. The van der Waals surface area contributed by atoms with Crippen LogP contribution < -0.4 is 4.74 Å². The van der Waals surface area contributed by atoms with Crippen LogP contribution in [0.4, 0.5) is 0 Å². The summed E-state index contributed by atoms with van der Waals surface area (Å²) in [7, 11) is 0. The zero-order valence-corrected chi connectivity index (χ0v) is 19.5. The van der Waals surface area contributed by atoms with Crippen molar-refractivity contribution in [2.45, 2.75) is 70.1 Å². The van der Waals surface area contributed by atoms with Gasteiger partial charge in [-0.05, 0) is 49.1 Å². The molecule has 32 heavy (non-hydrogen) atoms. The molecule has 2 aromatic rings. The van der Waals surface area contributed by atoms with Crippen LogP contribution in [0.1, 0.15) is 69.6 Å². The molecular formula is C26H31NO4S. The van der Waals surface area contributed by atoms with E-state index in [-0.39, 0.29) is 17.9 Å². The predicted molar refractivity (Wildman–Crippen MR) is 127 cm³/mol. The monoisotopic (exact) mass is 453 g/mol. The van der Waals surface area contributed by atoms with Gasteiger partial charge in [-0.25, -0.2) is 0 Å². The lowest BCUT2D eigenvalue weighted by atomic mass is 9.95. The minimum Gasteiger partial charge on any atom is -0.494 e. The molecule has 1 aromatic carbocycles. The van der Waals surface area contributed by atoms with Crippen molar-refractivity contribution in [3.63, 3.8) is 0 Å². The molecule has 1 aliphatic heterocycles. The van der Waals surface area contributed by atoms with E-state index in [1.54, 1.807) is 11.2 Å². The van der Waals surface area contributed by atoms with Gasteiger partial charge >= 0.3 is 0 Å². The maximum Gasteiger partial charge on any atom is 0.268 e. The van der Waals surface area contributed by atoms with E-state index in [0.717, 1.165) is 49.2 Å². The molecular weight excluding hydrogens is 422 g/mol. The third-order valence-electron chi connectivity index (χ3n) is 6.07. The maximum atomic E-state index is 13.6. The average Bonchev–Trinajstić information content (AvgIpc) is 3.38. The van der Waals surface area contributed by atoms with Crippen LogP contribution in [0.25, 0.3) is 5.57 Å². The Hall–Kier alpha value is -2.47. The summed E-state index contributed by atoms with van der Waals surface area (Å²) >= 11 is 1.39. The lowest BCUT2D eigenvalue weighted by Gasteiger charge is -2.28. The van der Waals surface area contributed by atoms with Crippen LogP contribution in [0, 0.1) is 0 Å². The van der Waals surface area contributed by atoms with Gasteiger partial charge in [0.2, 0.25) is 0 Å². The first-order valence-corrected chi connectivity index (χ1v) is 12.7. The van der Waals surface area contributed by atoms with Crippen molar-refractivity contribution in [2.24, 2.45) is 0 Å².